The lowest BCUT2D eigenvalue weighted by Gasteiger charge is -2.14. The standard InChI is InChI=1S/C16H26O5/c1-2-3-4-13-5-7-16(8-6-13)21-12-15(19)11-20-10-14(18)9-17/h5-8,14-15,17-19H,2-4,9-12H2,1H3. The van der Waals surface area contributed by atoms with Crippen LogP contribution in [0.5, 0.6) is 5.75 Å². The predicted octanol–water partition coefficient (Wildman–Crippen LogP) is 1.14. The van der Waals surface area contributed by atoms with E-state index in [4.69, 9.17) is 19.7 Å². The van der Waals surface area contributed by atoms with E-state index in [2.05, 4.69) is 6.92 Å². The van der Waals surface area contributed by atoms with Crippen LogP contribution in [0, 0.1) is 0 Å². The van der Waals surface area contributed by atoms with E-state index >= 15 is 0 Å². The maximum atomic E-state index is 9.67. The Bertz CT molecular complexity index is 365. The van der Waals surface area contributed by atoms with Crippen molar-refractivity contribution in [1.82, 2.24) is 0 Å². The molecule has 120 valence electrons. The second-order valence-corrected chi connectivity index (χ2v) is 5.09. The van der Waals surface area contributed by atoms with Gasteiger partial charge in [-0.1, -0.05) is 25.5 Å². The fraction of sp³-hybridized carbons (Fsp3) is 0.625. The van der Waals surface area contributed by atoms with E-state index in [9.17, 15) is 5.11 Å². The molecule has 0 fully saturated rings. The molecule has 0 aliphatic rings. The molecule has 1 aromatic rings. The molecule has 0 heterocycles. The third kappa shape index (κ3) is 8.02. The lowest BCUT2D eigenvalue weighted by atomic mass is 10.1. The summed E-state index contributed by atoms with van der Waals surface area (Å²) in [6.45, 7) is 2.01. The third-order valence-electron chi connectivity index (χ3n) is 3.02. The largest absolute Gasteiger partial charge is 0.491 e. The second kappa shape index (κ2) is 10.6. The van der Waals surface area contributed by atoms with Gasteiger partial charge in [-0.05, 0) is 30.5 Å². The fourth-order valence-electron chi connectivity index (χ4n) is 1.77. The number of aliphatic hydroxyl groups is 3. The minimum atomic E-state index is -0.909. The number of benzene rings is 1. The van der Waals surface area contributed by atoms with Crippen LogP contribution < -0.4 is 4.74 Å². The molecule has 5 nitrogen and oxygen atoms in total. The van der Waals surface area contributed by atoms with Crippen LogP contribution in [-0.4, -0.2) is 54.0 Å². The second-order valence-electron chi connectivity index (χ2n) is 5.09. The zero-order valence-corrected chi connectivity index (χ0v) is 12.6. The molecule has 21 heavy (non-hydrogen) atoms. The molecule has 0 radical (unpaired) electrons. The van der Waals surface area contributed by atoms with E-state index < -0.39 is 12.2 Å². The summed E-state index contributed by atoms with van der Waals surface area (Å²) >= 11 is 0. The van der Waals surface area contributed by atoms with Crippen molar-refractivity contribution in [2.75, 3.05) is 26.4 Å². The van der Waals surface area contributed by atoms with Crippen molar-refractivity contribution in [1.29, 1.82) is 0 Å². The minimum absolute atomic E-state index is 0.000312. The average molecular weight is 298 g/mol. The highest BCUT2D eigenvalue weighted by Gasteiger charge is 2.08. The van der Waals surface area contributed by atoms with Crippen LogP contribution in [0.2, 0.25) is 0 Å². The summed E-state index contributed by atoms with van der Waals surface area (Å²) < 4.78 is 10.5. The van der Waals surface area contributed by atoms with Crippen molar-refractivity contribution < 1.29 is 24.8 Å². The number of unbranched alkanes of at least 4 members (excludes halogenated alkanes) is 1. The van der Waals surface area contributed by atoms with Crippen LogP contribution in [0.3, 0.4) is 0 Å². The molecule has 1 aromatic carbocycles. The van der Waals surface area contributed by atoms with Crippen molar-refractivity contribution in [3.8, 4) is 5.75 Å². The van der Waals surface area contributed by atoms with Gasteiger partial charge in [0.05, 0.1) is 19.8 Å². The average Bonchev–Trinajstić information content (AvgIpc) is 2.51. The predicted molar refractivity (Wildman–Crippen MR) is 80.5 cm³/mol. The quantitative estimate of drug-likeness (QED) is 0.571. The molecule has 0 aromatic heterocycles. The number of rotatable bonds is 11. The van der Waals surface area contributed by atoms with Crippen LogP contribution in [-0.2, 0) is 11.2 Å². The molecule has 5 heteroatoms. The van der Waals surface area contributed by atoms with E-state index in [-0.39, 0.29) is 26.4 Å². The molecule has 1 rings (SSSR count). The van der Waals surface area contributed by atoms with Crippen molar-refractivity contribution in [2.24, 2.45) is 0 Å². The van der Waals surface area contributed by atoms with Crippen LogP contribution in [0.1, 0.15) is 25.3 Å². The molecule has 2 unspecified atom stereocenters. The Hall–Kier alpha value is -1.14. The van der Waals surface area contributed by atoms with E-state index in [1.807, 2.05) is 24.3 Å². The molecular weight excluding hydrogens is 272 g/mol. The molecule has 0 bridgehead atoms. The molecule has 0 amide bonds. The van der Waals surface area contributed by atoms with Crippen LogP contribution in [0.15, 0.2) is 24.3 Å². The minimum Gasteiger partial charge on any atom is -0.491 e. The van der Waals surface area contributed by atoms with Gasteiger partial charge in [0.25, 0.3) is 0 Å². The van der Waals surface area contributed by atoms with Crippen LogP contribution in [0.25, 0.3) is 0 Å². The topological polar surface area (TPSA) is 79.2 Å². The maximum Gasteiger partial charge on any atom is 0.119 e. The number of hydrogen-bond donors (Lipinski definition) is 3. The van der Waals surface area contributed by atoms with Crippen LogP contribution in [0.4, 0.5) is 0 Å². The smallest absolute Gasteiger partial charge is 0.119 e. The van der Waals surface area contributed by atoms with Gasteiger partial charge >= 0.3 is 0 Å². The fourth-order valence-corrected chi connectivity index (χ4v) is 1.77. The Kier molecular flexibility index (Phi) is 9.01. The van der Waals surface area contributed by atoms with Gasteiger partial charge < -0.3 is 24.8 Å². The van der Waals surface area contributed by atoms with E-state index in [0.717, 1.165) is 6.42 Å². The zero-order chi connectivity index (χ0) is 15.5. The molecule has 0 aliphatic heterocycles. The summed E-state index contributed by atoms with van der Waals surface area (Å²) in [5, 5.41) is 27.4. The maximum absolute atomic E-state index is 9.67. The highest BCUT2D eigenvalue weighted by Crippen LogP contribution is 2.14. The Balaban J connectivity index is 2.21. The molecule has 0 spiro atoms. The van der Waals surface area contributed by atoms with Crippen LogP contribution >= 0.6 is 0 Å². The van der Waals surface area contributed by atoms with Gasteiger partial charge in [-0.3, -0.25) is 0 Å². The van der Waals surface area contributed by atoms with Gasteiger partial charge in [-0.25, -0.2) is 0 Å². The van der Waals surface area contributed by atoms with E-state index in [1.165, 1.54) is 18.4 Å². The van der Waals surface area contributed by atoms with E-state index in [1.54, 1.807) is 0 Å². The van der Waals surface area contributed by atoms with Gasteiger partial charge in [-0.15, -0.1) is 0 Å². The van der Waals surface area contributed by atoms with Crippen molar-refractivity contribution in [3.05, 3.63) is 29.8 Å². The van der Waals surface area contributed by atoms with Gasteiger partial charge in [-0.2, -0.15) is 0 Å². The Morgan fingerprint density at radius 3 is 2.29 bits per heavy atom. The monoisotopic (exact) mass is 298 g/mol. The molecule has 2 atom stereocenters. The van der Waals surface area contributed by atoms with Gasteiger partial charge in [0.2, 0.25) is 0 Å². The van der Waals surface area contributed by atoms with E-state index in [0.29, 0.717) is 5.75 Å². The lowest BCUT2D eigenvalue weighted by Crippen LogP contribution is -2.27. The third-order valence-corrected chi connectivity index (χ3v) is 3.02. The highest BCUT2D eigenvalue weighted by molar-refractivity contribution is 5.27. The Labute approximate surface area is 126 Å². The summed E-state index contributed by atoms with van der Waals surface area (Å²) in [4.78, 5) is 0. The number of aliphatic hydroxyl groups excluding tert-OH is 3. The molecule has 3 N–H and O–H groups in total. The lowest BCUT2D eigenvalue weighted by molar-refractivity contribution is -0.0337. The van der Waals surface area contributed by atoms with Gasteiger partial charge in [0.15, 0.2) is 0 Å². The normalized spacial score (nSPS) is 13.9. The molecular formula is C16H26O5. The summed E-state index contributed by atoms with van der Waals surface area (Å²) in [5.41, 5.74) is 1.28. The molecule has 0 aliphatic carbocycles. The highest BCUT2D eigenvalue weighted by atomic mass is 16.5. The van der Waals surface area contributed by atoms with Crippen molar-refractivity contribution in [3.63, 3.8) is 0 Å². The summed E-state index contributed by atoms with van der Waals surface area (Å²) in [7, 11) is 0. The first-order chi connectivity index (χ1) is 10.2. The number of hydrogen-bond acceptors (Lipinski definition) is 5. The Morgan fingerprint density at radius 1 is 1.00 bits per heavy atom. The first kappa shape index (κ1) is 17.9. The molecule has 0 saturated heterocycles. The van der Waals surface area contributed by atoms with Crippen molar-refractivity contribution in [2.45, 2.75) is 38.4 Å². The summed E-state index contributed by atoms with van der Waals surface area (Å²) in [6, 6.07) is 7.86. The van der Waals surface area contributed by atoms with Crippen molar-refractivity contribution >= 4 is 0 Å². The summed E-state index contributed by atoms with van der Waals surface area (Å²) in [6.07, 6.45) is 1.75. The zero-order valence-electron chi connectivity index (χ0n) is 12.6. The molecule has 0 saturated carbocycles. The first-order valence-corrected chi connectivity index (χ1v) is 7.42. The number of ether oxygens (including phenoxy) is 2. The Morgan fingerprint density at radius 2 is 1.67 bits per heavy atom. The van der Waals surface area contributed by atoms with Gasteiger partial charge in [0.1, 0.15) is 24.6 Å². The summed E-state index contributed by atoms with van der Waals surface area (Å²) in [5.74, 6) is 0.713. The van der Waals surface area contributed by atoms with Gasteiger partial charge in [0, 0.05) is 0 Å². The number of aryl methyl sites for hydroxylation is 1. The SMILES string of the molecule is CCCCc1ccc(OCC(O)COCC(O)CO)cc1. The first-order valence-electron chi connectivity index (χ1n) is 7.42.